The van der Waals surface area contributed by atoms with Crippen LogP contribution in [-0.2, 0) is 4.74 Å². The van der Waals surface area contributed by atoms with Gasteiger partial charge in [-0.2, -0.15) is 0 Å². The lowest BCUT2D eigenvalue weighted by molar-refractivity contribution is 0.0474. The van der Waals surface area contributed by atoms with Crippen molar-refractivity contribution in [2.45, 2.75) is 0 Å². The van der Waals surface area contributed by atoms with Crippen LogP contribution in [0, 0.1) is 0 Å². The lowest BCUT2D eigenvalue weighted by Gasteiger charge is -2.07. The monoisotopic (exact) mass is 424 g/mol. The average molecular weight is 425 g/mol. The van der Waals surface area contributed by atoms with Crippen molar-refractivity contribution in [1.82, 2.24) is 0 Å². The fourth-order valence-electron chi connectivity index (χ4n) is 2.51. The van der Waals surface area contributed by atoms with Gasteiger partial charge in [0.1, 0.15) is 11.5 Å². The quantitative estimate of drug-likeness (QED) is 0.313. The Morgan fingerprint density at radius 1 is 0.767 bits per heavy atom. The summed E-state index contributed by atoms with van der Waals surface area (Å²) in [6.45, 7) is -0.412. The molecule has 0 heterocycles. The lowest BCUT2D eigenvalue weighted by atomic mass is 10.1. The highest BCUT2D eigenvalue weighted by Crippen LogP contribution is 2.18. The first-order valence-corrected chi connectivity index (χ1v) is 9.26. The predicted molar refractivity (Wildman–Crippen MR) is 110 cm³/mol. The maximum atomic E-state index is 12.2. The molecule has 0 atom stereocenters. The molecule has 0 bridgehead atoms. The van der Waals surface area contributed by atoms with Crippen LogP contribution in [0.15, 0.2) is 72.8 Å². The van der Waals surface area contributed by atoms with Gasteiger partial charge in [0.15, 0.2) is 12.4 Å². The predicted octanol–water partition coefficient (Wildman–Crippen LogP) is 4.61. The van der Waals surface area contributed by atoms with Gasteiger partial charge in [-0.05, 0) is 66.7 Å². The molecule has 3 aromatic rings. The Kier molecular flexibility index (Phi) is 6.83. The molecule has 0 aromatic heterocycles. The molecule has 0 saturated heterocycles. The summed E-state index contributed by atoms with van der Waals surface area (Å²) in [4.78, 5) is 36.4. The summed E-state index contributed by atoms with van der Waals surface area (Å²) in [7, 11) is 1.51. The summed E-state index contributed by atoms with van der Waals surface area (Å²) < 4.78 is 15.4. The molecule has 0 spiro atoms. The molecule has 6 nitrogen and oxygen atoms in total. The first-order chi connectivity index (χ1) is 14.5. The van der Waals surface area contributed by atoms with Gasteiger partial charge in [-0.25, -0.2) is 9.59 Å². The van der Waals surface area contributed by atoms with E-state index in [1.54, 1.807) is 36.4 Å². The second-order valence-electron chi connectivity index (χ2n) is 6.15. The molecule has 0 saturated carbocycles. The maximum Gasteiger partial charge on any atom is 0.343 e. The number of rotatable bonds is 7. The Balaban J connectivity index is 1.56. The molecule has 0 aliphatic rings. The van der Waals surface area contributed by atoms with Gasteiger partial charge in [-0.1, -0.05) is 17.7 Å². The molecule has 7 heteroatoms. The number of carbonyl (C=O) groups is 3. The zero-order chi connectivity index (χ0) is 21.5. The highest BCUT2D eigenvalue weighted by Gasteiger charge is 2.13. The number of ether oxygens (including phenoxy) is 3. The van der Waals surface area contributed by atoms with Crippen molar-refractivity contribution < 1.29 is 28.6 Å². The number of benzene rings is 3. The van der Waals surface area contributed by atoms with E-state index in [4.69, 9.17) is 25.8 Å². The van der Waals surface area contributed by atoms with Gasteiger partial charge in [0.05, 0.1) is 18.2 Å². The Labute approximate surface area is 177 Å². The van der Waals surface area contributed by atoms with E-state index in [9.17, 15) is 14.4 Å². The van der Waals surface area contributed by atoms with Gasteiger partial charge in [0.25, 0.3) is 0 Å². The van der Waals surface area contributed by atoms with E-state index < -0.39 is 18.5 Å². The average Bonchev–Trinajstić information content (AvgIpc) is 2.78. The highest BCUT2D eigenvalue weighted by molar-refractivity contribution is 6.30. The van der Waals surface area contributed by atoms with Crippen molar-refractivity contribution in [3.63, 3.8) is 0 Å². The minimum Gasteiger partial charge on any atom is -0.497 e. The SMILES string of the molecule is COc1cccc(C(=O)Oc2ccc(C(=O)COC(=O)c3ccc(Cl)cc3)cc2)c1. The maximum absolute atomic E-state index is 12.2. The second kappa shape index (κ2) is 9.71. The third-order valence-electron chi connectivity index (χ3n) is 4.11. The van der Waals surface area contributed by atoms with Gasteiger partial charge in [0, 0.05) is 10.6 Å². The molecule has 3 aromatic carbocycles. The fraction of sp³-hybridized carbons (Fsp3) is 0.0870. The molecular weight excluding hydrogens is 408 g/mol. The molecule has 30 heavy (non-hydrogen) atoms. The summed E-state index contributed by atoms with van der Waals surface area (Å²) in [5, 5.41) is 0.495. The zero-order valence-corrected chi connectivity index (χ0v) is 16.7. The van der Waals surface area contributed by atoms with Crippen LogP contribution in [-0.4, -0.2) is 31.4 Å². The van der Waals surface area contributed by atoms with Crippen LogP contribution in [0.3, 0.4) is 0 Å². The largest absolute Gasteiger partial charge is 0.497 e. The minimum absolute atomic E-state index is 0.275. The standard InChI is InChI=1S/C23H17ClO6/c1-28-20-4-2-3-17(13-20)23(27)30-19-11-7-15(8-12-19)21(25)14-29-22(26)16-5-9-18(24)10-6-16/h2-13H,14H2,1H3. The number of esters is 2. The minimum atomic E-state index is -0.621. The van der Waals surface area contributed by atoms with Crippen LogP contribution in [0.25, 0.3) is 0 Å². The van der Waals surface area contributed by atoms with E-state index in [0.29, 0.717) is 27.5 Å². The number of hydrogen-bond donors (Lipinski definition) is 0. The zero-order valence-electron chi connectivity index (χ0n) is 16.0. The van der Waals surface area contributed by atoms with Crippen molar-refractivity contribution in [3.8, 4) is 11.5 Å². The van der Waals surface area contributed by atoms with E-state index in [1.807, 2.05) is 0 Å². The summed E-state index contributed by atoms with van der Waals surface area (Å²) in [5.41, 5.74) is 0.954. The van der Waals surface area contributed by atoms with E-state index in [-0.39, 0.29) is 11.5 Å². The second-order valence-corrected chi connectivity index (χ2v) is 6.59. The number of Topliss-reactive ketones (excluding diaryl/α,β-unsaturated/α-hetero) is 1. The summed E-state index contributed by atoms with van der Waals surface area (Å²) in [6.07, 6.45) is 0. The van der Waals surface area contributed by atoms with E-state index in [2.05, 4.69) is 0 Å². The normalized spacial score (nSPS) is 10.2. The number of hydrogen-bond acceptors (Lipinski definition) is 6. The molecule has 0 aliphatic heterocycles. The molecular formula is C23H17ClO6. The van der Waals surface area contributed by atoms with Crippen LogP contribution >= 0.6 is 11.6 Å². The summed E-state index contributed by atoms with van der Waals surface area (Å²) in [5.74, 6) is -0.743. The number of methoxy groups -OCH3 is 1. The molecule has 0 aliphatic carbocycles. The van der Waals surface area contributed by atoms with Crippen molar-refractivity contribution in [3.05, 3.63) is 94.5 Å². The Bertz CT molecular complexity index is 1060. The van der Waals surface area contributed by atoms with Crippen molar-refractivity contribution in [2.24, 2.45) is 0 Å². The van der Waals surface area contributed by atoms with Gasteiger partial charge < -0.3 is 14.2 Å². The Morgan fingerprint density at radius 2 is 1.43 bits per heavy atom. The van der Waals surface area contributed by atoms with Crippen molar-refractivity contribution in [1.29, 1.82) is 0 Å². The van der Waals surface area contributed by atoms with Gasteiger partial charge in [0.2, 0.25) is 0 Å². The summed E-state index contributed by atoms with van der Waals surface area (Å²) >= 11 is 5.77. The fourth-order valence-corrected chi connectivity index (χ4v) is 2.63. The molecule has 0 radical (unpaired) electrons. The third kappa shape index (κ3) is 5.46. The third-order valence-corrected chi connectivity index (χ3v) is 4.36. The van der Waals surface area contributed by atoms with Crippen molar-refractivity contribution in [2.75, 3.05) is 13.7 Å². The Morgan fingerprint density at radius 3 is 2.10 bits per heavy atom. The highest BCUT2D eigenvalue weighted by atomic mass is 35.5. The van der Waals surface area contributed by atoms with Crippen LogP contribution in [0.1, 0.15) is 31.1 Å². The van der Waals surface area contributed by atoms with Gasteiger partial charge in [-0.3, -0.25) is 4.79 Å². The lowest BCUT2D eigenvalue weighted by Crippen LogP contribution is -2.14. The molecule has 0 amide bonds. The van der Waals surface area contributed by atoms with Crippen LogP contribution in [0.2, 0.25) is 5.02 Å². The van der Waals surface area contributed by atoms with Gasteiger partial charge >= 0.3 is 11.9 Å². The Hall–Kier alpha value is -3.64. The number of carbonyl (C=O) groups excluding carboxylic acids is 3. The molecule has 3 rings (SSSR count). The molecule has 0 N–H and O–H groups in total. The number of halogens is 1. The van der Waals surface area contributed by atoms with E-state index >= 15 is 0 Å². The molecule has 0 fully saturated rings. The first kappa shape index (κ1) is 21.1. The van der Waals surface area contributed by atoms with Crippen LogP contribution < -0.4 is 9.47 Å². The van der Waals surface area contributed by atoms with Crippen molar-refractivity contribution >= 4 is 29.3 Å². The van der Waals surface area contributed by atoms with Gasteiger partial charge in [-0.15, -0.1) is 0 Å². The first-order valence-electron chi connectivity index (χ1n) is 8.88. The molecule has 152 valence electrons. The smallest absolute Gasteiger partial charge is 0.343 e. The van der Waals surface area contributed by atoms with E-state index in [1.165, 1.54) is 43.5 Å². The summed E-state index contributed by atoms with van der Waals surface area (Å²) in [6, 6.07) is 18.7. The van der Waals surface area contributed by atoms with Crippen LogP contribution in [0.4, 0.5) is 0 Å². The topological polar surface area (TPSA) is 78.9 Å². The number of ketones is 1. The van der Waals surface area contributed by atoms with Crippen LogP contribution in [0.5, 0.6) is 11.5 Å². The van der Waals surface area contributed by atoms with E-state index in [0.717, 1.165) is 0 Å². The molecule has 0 unspecified atom stereocenters.